The zero-order valence-electron chi connectivity index (χ0n) is 13.2. The van der Waals surface area contributed by atoms with Crippen LogP contribution in [0.15, 0.2) is 45.2 Å². The molecule has 0 radical (unpaired) electrons. The molecule has 0 fully saturated rings. The third-order valence-corrected chi connectivity index (χ3v) is 3.46. The number of benzene rings is 1. The minimum atomic E-state index is -0.792. The molecule has 5 N–H and O–H groups in total. The summed E-state index contributed by atoms with van der Waals surface area (Å²) in [6.45, 7) is 1.53. The van der Waals surface area contributed by atoms with Gasteiger partial charge in [0.2, 0.25) is 5.82 Å². The highest BCUT2D eigenvalue weighted by molar-refractivity contribution is 5.99. The Labute approximate surface area is 140 Å². The molecule has 2 heterocycles. The van der Waals surface area contributed by atoms with Crippen LogP contribution in [0.2, 0.25) is 0 Å². The Bertz CT molecular complexity index is 1050. The number of nitrogens with one attached hydrogen (secondary N) is 5. The van der Waals surface area contributed by atoms with Gasteiger partial charge in [-0.1, -0.05) is 18.2 Å². The van der Waals surface area contributed by atoms with Gasteiger partial charge in [0.25, 0.3) is 11.5 Å². The Balaban J connectivity index is 1.63. The Morgan fingerprint density at radius 2 is 2.12 bits per heavy atom. The first-order valence-corrected chi connectivity index (χ1v) is 7.39. The van der Waals surface area contributed by atoms with Crippen molar-refractivity contribution in [3.8, 4) is 0 Å². The highest BCUT2D eigenvalue weighted by Crippen LogP contribution is 2.15. The number of aromatic nitrogens is 4. The molecule has 1 aromatic carbocycles. The smallest absolute Gasteiger partial charge is 0.342 e. The van der Waals surface area contributed by atoms with Gasteiger partial charge < -0.3 is 10.3 Å². The molecule has 3 rings (SSSR count). The lowest BCUT2D eigenvalue weighted by Gasteiger charge is -2.11. The summed E-state index contributed by atoms with van der Waals surface area (Å²) in [4.78, 5) is 39.6. The van der Waals surface area contributed by atoms with E-state index in [0.29, 0.717) is 0 Å². The highest BCUT2D eigenvalue weighted by atomic mass is 16.2. The van der Waals surface area contributed by atoms with Gasteiger partial charge in [0.15, 0.2) is 0 Å². The number of hydrogen-bond donors (Lipinski definition) is 5. The second kappa shape index (κ2) is 6.83. The molecule has 0 saturated carbocycles. The predicted molar refractivity (Wildman–Crippen MR) is 92.6 cm³/mol. The number of carbonyl (C=O) groups excluding carboxylic acids is 1. The number of fused-ring (bicyclic) bond motifs is 1. The molecule has 10 nitrogen and oxygen atoms in total. The number of nitrogens with zero attached hydrogens (tertiary/aromatic N) is 2. The lowest BCUT2D eigenvalue weighted by atomic mass is 10.2. The normalized spacial score (nSPS) is 12.4. The van der Waals surface area contributed by atoms with E-state index in [1.807, 2.05) is 29.2 Å². The molecule has 128 valence electrons. The number of aromatic amines is 3. The molecule has 0 aliphatic rings. The number of anilines is 1. The van der Waals surface area contributed by atoms with Crippen LogP contribution < -0.4 is 22.0 Å². The molecule has 0 bridgehead atoms. The maximum absolute atomic E-state index is 12.0. The maximum atomic E-state index is 12.0. The van der Waals surface area contributed by atoms with Crippen LogP contribution in [0.25, 0.3) is 10.9 Å². The molecule has 2 aromatic heterocycles. The van der Waals surface area contributed by atoms with Crippen LogP contribution in [0.4, 0.5) is 5.82 Å². The Morgan fingerprint density at radius 1 is 1.32 bits per heavy atom. The van der Waals surface area contributed by atoms with Crippen molar-refractivity contribution in [2.45, 2.75) is 13.0 Å². The van der Waals surface area contributed by atoms with Crippen LogP contribution in [0.5, 0.6) is 0 Å². The largest absolute Gasteiger partial charge is 0.361 e. The quantitative estimate of drug-likeness (QED) is 0.324. The van der Waals surface area contributed by atoms with E-state index in [0.717, 1.165) is 16.5 Å². The second-order valence-corrected chi connectivity index (χ2v) is 5.25. The first kappa shape index (κ1) is 16.2. The summed E-state index contributed by atoms with van der Waals surface area (Å²) in [5.41, 5.74) is 2.73. The van der Waals surface area contributed by atoms with Crippen LogP contribution in [-0.4, -0.2) is 38.3 Å². The molecular formula is C15H15N7O3. The summed E-state index contributed by atoms with van der Waals surface area (Å²) < 4.78 is 0. The highest BCUT2D eigenvalue weighted by Gasteiger charge is 2.14. The van der Waals surface area contributed by atoms with Crippen LogP contribution in [0.1, 0.15) is 12.5 Å². The molecule has 0 saturated heterocycles. The molecule has 0 spiro atoms. The van der Waals surface area contributed by atoms with Crippen LogP contribution in [-0.2, 0) is 4.79 Å². The third-order valence-electron chi connectivity index (χ3n) is 3.46. The van der Waals surface area contributed by atoms with Gasteiger partial charge in [-0.05, 0) is 13.0 Å². The van der Waals surface area contributed by atoms with Crippen molar-refractivity contribution in [2.24, 2.45) is 5.10 Å². The zero-order valence-corrected chi connectivity index (χ0v) is 13.2. The van der Waals surface area contributed by atoms with E-state index in [1.54, 1.807) is 6.20 Å². The number of para-hydroxylation sites is 1. The van der Waals surface area contributed by atoms with Crippen LogP contribution in [0.3, 0.4) is 0 Å². The zero-order chi connectivity index (χ0) is 17.8. The standard InChI is InChI=1S/C15H15N7O3/c1-8(18-12-14(24)19-15(25)22-20-12)13(23)21-17-7-9-6-16-11-5-3-2-4-10(9)11/h2-8,16H,1H3,(H,18,20)(H,21,23)(H2,19,22,24,25)/b17-7+/t8-/m0/s1. The summed E-state index contributed by atoms with van der Waals surface area (Å²) in [7, 11) is 0. The van der Waals surface area contributed by atoms with Crippen molar-refractivity contribution in [1.82, 2.24) is 25.6 Å². The molecular weight excluding hydrogens is 326 g/mol. The van der Waals surface area contributed by atoms with Crippen molar-refractivity contribution in [3.63, 3.8) is 0 Å². The van der Waals surface area contributed by atoms with E-state index in [4.69, 9.17) is 0 Å². The first-order chi connectivity index (χ1) is 12.0. The summed E-state index contributed by atoms with van der Waals surface area (Å²) in [5.74, 6) is -0.633. The molecule has 25 heavy (non-hydrogen) atoms. The number of rotatable bonds is 5. The number of hydrogen-bond acceptors (Lipinski definition) is 6. The van der Waals surface area contributed by atoms with Crippen molar-refractivity contribution in [1.29, 1.82) is 0 Å². The van der Waals surface area contributed by atoms with E-state index in [9.17, 15) is 14.4 Å². The topological polar surface area (TPSA) is 148 Å². The average Bonchev–Trinajstić information content (AvgIpc) is 3.00. The summed E-state index contributed by atoms with van der Waals surface area (Å²) in [5, 5.41) is 13.1. The van der Waals surface area contributed by atoms with E-state index in [2.05, 4.69) is 31.0 Å². The van der Waals surface area contributed by atoms with Crippen LogP contribution >= 0.6 is 0 Å². The maximum Gasteiger partial charge on any atom is 0.342 e. The van der Waals surface area contributed by atoms with Gasteiger partial charge in [0, 0.05) is 22.7 Å². The monoisotopic (exact) mass is 341 g/mol. The van der Waals surface area contributed by atoms with Crippen LogP contribution in [0, 0.1) is 0 Å². The van der Waals surface area contributed by atoms with E-state index < -0.39 is 23.2 Å². The van der Waals surface area contributed by atoms with Gasteiger partial charge in [0.1, 0.15) is 6.04 Å². The summed E-state index contributed by atoms with van der Waals surface area (Å²) in [6, 6.07) is 6.91. The molecule has 1 atom stereocenters. The van der Waals surface area contributed by atoms with Crippen molar-refractivity contribution < 1.29 is 4.79 Å². The molecule has 1 amide bonds. The lowest BCUT2D eigenvalue weighted by molar-refractivity contribution is -0.121. The van der Waals surface area contributed by atoms with Gasteiger partial charge in [-0.25, -0.2) is 15.3 Å². The molecule has 0 aliphatic carbocycles. The van der Waals surface area contributed by atoms with Gasteiger partial charge in [0.05, 0.1) is 6.21 Å². The minimum Gasteiger partial charge on any atom is -0.361 e. The van der Waals surface area contributed by atoms with E-state index in [1.165, 1.54) is 13.1 Å². The Morgan fingerprint density at radius 3 is 2.92 bits per heavy atom. The van der Waals surface area contributed by atoms with E-state index in [-0.39, 0.29) is 5.82 Å². The molecule has 3 aromatic rings. The van der Waals surface area contributed by atoms with Crippen molar-refractivity contribution >= 4 is 28.8 Å². The average molecular weight is 341 g/mol. The number of amides is 1. The van der Waals surface area contributed by atoms with Gasteiger partial charge in [-0.3, -0.25) is 14.6 Å². The fraction of sp³-hybridized carbons (Fsp3) is 0.133. The Hall–Kier alpha value is -3.69. The SMILES string of the molecule is C[C@H](Nc1n[nH]c(=O)[nH]c1=O)C(=O)N/N=C/c1c[nH]c2ccccc12. The fourth-order valence-electron chi connectivity index (χ4n) is 2.18. The van der Waals surface area contributed by atoms with Gasteiger partial charge >= 0.3 is 5.69 Å². The fourth-order valence-corrected chi connectivity index (χ4v) is 2.18. The summed E-state index contributed by atoms with van der Waals surface area (Å²) >= 11 is 0. The van der Waals surface area contributed by atoms with E-state index >= 15 is 0 Å². The first-order valence-electron chi connectivity index (χ1n) is 7.39. The molecule has 0 unspecified atom stereocenters. The minimum absolute atomic E-state index is 0.164. The Kier molecular flexibility index (Phi) is 4.42. The van der Waals surface area contributed by atoms with Gasteiger partial charge in [-0.2, -0.15) is 5.10 Å². The molecule has 0 aliphatic heterocycles. The number of H-pyrrole nitrogens is 3. The third kappa shape index (κ3) is 3.63. The second-order valence-electron chi connectivity index (χ2n) is 5.25. The van der Waals surface area contributed by atoms with Crippen molar-refractivity contribution in [2.75, 3.05) is 5.32 Å². The predicted octanol–water partition coefficient (Wildman–Crippen LogP) is -0.110. The van der Waals surface area contributed by atoms with Gasteiger partial charge in [-0.15, -0.1) is 5.10 Å². The lowest BCUT2D eigenvalue weighted by Crippen LogP contribution is -2.38. The van der Waals surface area contributed by atoms with Crippen molar-refractivity contribution in [3.05, 3.63) is 56.9 Å². The summed E-state index contributed by atoms with van der Waals surface area (Å²) in [6.07, 6.45) is 3.31. The number of hydrazone groups is 1. The number of carbonyl (C=O) groups is 1. The molecule has 10 heteroatoms.